The van der Waals surface area contributed by atoms with Crippen LogP contribution >= 0.6 is 23.2 Å². The normalized spacial score (nSPS) is 12.4. The maximum absolute atomic E-state index is 13.5. The molecule has 0 radical (unpaired) electrons. The number of hydrogen-bond donors (Lipinski definition) is 2. The van der Waals surface area contributed by atoms with Crippen molar-refractivity contribution >= 4 is 39.1 Å². The van der Waals surface area contributed by atoms with Crippen molar-refractivity contribution in [3.8, 4) is 0 Å². The summed E-state index contributed by atoms with van der Waals surface area (Å²) in [6, 6.07) is 2.16. The Kier molecular flexibility index (Phi) is 5.02. The van der Waals surface area contributed by atoms with Crippen molar-refractivity contribution in [2.24, 2.45) is 5.73 Å². The molecule has 3 N–H and O–H groups in total. The molecule has 0 aliphatic heterocycles. The Hall–Kier alpha value is -0.890. The fourth-order valence-corrected chi connectivity index (χ4v) is 3.76. The molecule has 9 heteroatoms. The van der Waals surface area contributed by atoms with Crippen LogP contribution in [-0.4, -0.2) is 19.9 Å². The number of carbonyl (C=O) groups excluding carboxylic acids is 1. The number of rotatable bonds is 5. The molecule has 0 aliphatic rings. The summed E-state index contributed by atoms with van der Waals surface area (Å²) in [5.74, 6) is -1.70. The zero-order chi connectivity index (χ0) is 15.7. The van der Waals surface area contributed by atoms with Gasteiger partial charge in [0.2, 0.25) is 15.9 Å². The first-order valence-electron chi connectivity index (χ1n) is 5.42. The van der Waals surface area contributed by atoms with Gasteiger partial charge >= 0.3 is 0 Å². The number of nitrogens with one attached hydrogen (secondary N) is 1. The maximum atomic E-state index is 13.5. The van der Waals surface area contributed by atoms with Gasteiger partial charge in [0.15, 0.2) is 5.82 Å². The summed E-state index contributed by atoms with van der Waals surface area (Å²) in [7, 11) is -4.12. The van der Waals surface area contributed by atoms with Gasteiger partial charge in [0.1, 0.15) is 4.90 Å². The van der Waals surface area contributed by atoms with E-state index < -0.39 is 37.2 Å². The van der Waals surface area contributed by atoms with Crippen molar-refractivity contribution in [2.45, 2.75) is 30.7 Å². The Morgan fingerprint density at radius 1 is 1.40 bits per heavy atom. The highest BCUT2D eigenvalue weighted by molar-refractivity contribution is 7.89. The average Bonchev–Trinajstić information content (AvgIpc) is 2.21. The van der Waals surface area contributed by atoms with E-state index in [0.717, 1.165) is 12.1 Å². The molecule has 1 rings (SSSR count). The number of hydrogen-bond acceptors (Lipinski definition) is 3. The number of halogens is 3. The molecule has 0 bridgehead atoms. The summed E-state index contributed by atoms with van der Waals surface area (Å²) >= 11 is 11.1. The van der Waals surface area contributed by atoms with Crippen molar-refractivity contribution < 1.29 is 17.6 Å². The topological polar surface area (TPSA) is 89.3 Å². The third-order valence-electron chi connectivity index (χ3n) is 2.32. The van der Waals surface area contributed by atoms with Crippen LogP contribution < -0.4 is 10.5 Å². The van der Waals surface area contributed by atoms with Gasteiger partial charge in [-0.3, -0.25) is 4.79 Å². The summed E-state index contributed by atoms with van der Waals surface area (Å²) in [4.78, 5) is 10.4. The second-order valence-electron chi connectivity index (χ2n) is 4.81. The zero-order valence-electron chi connectivity index (χ0n) is 10.7. The first-order chi connectivity index (χ1) is 8.96. The maximum Gasteiger partial charge on any atom is 0.242 e. The molecule has 0 saturated carbocycles. The lowest BCUT2D eigenvalue weighted by Gasteiger charge is -2.24. The molecule has 0 fully saturated rings. The summed E-state index contributed by atoms with van der Waals surface area (Å²) < 4.78 is 40.1. The molecule has 0 spiro atoms. The molecule has 1 aromatic rings. The van der Waals surface area contributed by atoms with E-state index in [1.54, 1.807) is 0 Å². The third-order valence-corrected chi connectivity index (χ3v) is 4.83. The Balaban J connectivity index is 3.19. The lowest BCUT2D eigenvalue weighted by Crippen LogP contribution is -2.46. The van der Waals surface area contributed by atoms with E-state index in [1.165, 1.54) is 13.8 Å². The van der Waals surface area contributed by atoms with Gasteiger partial charge < -0.3 is 5.73 Å². The molecule has 0 aliphatic carbocycles. The molecule has 1 amide bonds. The van der Waals surface area contributed by atoms with E-state index in [1.807, 2.05) is 0 Å². The summed E-state index contributed by atoms with van der Waals surface area (Å²) in [6.07, 6.45) is -0.222. The first kappa shape index (κ1) is 17.2. The Morgan fingerprint density at radius 3 is 2.45 bits per heavy atom. The Labute approximate surface area is 126 Å². The highest BCUT2D eigenvalue weighted by Gasteiger charge is 2.30. The van der Waals surface area contributed by atoms with E-state index in [4.69, 9.17) is 28.9 Å². The van der Waals surface area contributed by atoms with Crippen LogP contribution in [0, 0.1) is 5.82 Å². The van der Waals surface area contributed by atoms with Gasteiger partial charge in [-0.25, -0.2) is 17.5 Å². The van der Waals surface area contributed by atoms with E-state index in [-0.39, 0.29) is 11.4 Å². The van der Waals surface area contributed by atoms with Crippen LogP contribution in [0.2, 0.25) is 10.0 Å². The van der Waals surface area contributed by atoms with Crippen molar-refractivity contribution in [3.63, 3.8) is 0 Å². The summed E-state index contributed by atoms with van der Waals surface area (Å²) in [5, 5.41) is -0.898. The zero-order valence-corrected chi connectivity index (χ0v) is 13.0. The van der Waals surface area contributed by atoms with Crippen LogP contribution in [0.25, 0.3) is 0 Å². The van der Waals surface area contributed by atoms with Crippen LogP contribution in [0.5, 0.6) is 0 Å². The molecule has 0 aromatic heterocycles. The van der Waals surface area contributed by atoms with Gasteiger partial charge in [0.05, 0.1) is 10.0 Å². The smallest absolute Gasteiger partial charge is 0.242 e. The number of benzene rings is 1. The predicted molar refractivity (Wildman–Crippen MR) is 74.6 cm³/mol. The van der Waals surface area contributed by atoms with Crippen LogP contribution in [0.3, 0.4) is 0 Å². The number of sulfonamides is 1. The molecule has 112 valence electrons. The molecule has 5 nitrogen and oxygen atoms in total. The highest BCUT2D eigenvalue weighted by Crippen LogP contribution is 2.30. The fourth-order valence-electron chi connectivity index (χ4n) is 1.61. The third kappa shape index (κ3) is 4.05. The minimum absolute atomic E-state index is 0.222. The van der Waals surface area contributed by atoms with Crippen molar-refractivity contribution in [3.05, 3.63) is 28.0 Å². The number of nitrogens with two attached hydrogens (primary N) is 1. The highest BCUT2D eigenvalue weighted by atomic mass is 35.5. The minimum atomic E-state index is -4.12. The number of carbonyl (C=O) groups is 1. The van der Waals surface area contributed by atoms with Gasteiger partial charge in [-0.05, 0) is 26.0 Å². The molecular formula is C11H13Cl2FN2O3S. The monoisotopic (exact) mass is 342 g/mol. The van der Waals surface area contributed by atoms with E-state index in [9.17, 15) is 17.6 Å². The standard InChI is InChI=1S/C11H13Cl2FN2O3S/c1-11(2,5-8(15)17)16-20(18,19)7-4-3-6(12)10(14)9(7)13/h3-4,16H,5H2,1-2H3,(H2,15,17). The average molecular weight is 343 g/mol. The van der Waals surface area contributed by atoms with Gasteiger partial charge in [-0.2, -0.15) is 0 Å². The largest absolute Gasteiger partial charge is 0.370 e. The second-order valence-corrected chi connectivity index (χ2v) is 7.24. The van der Waals surface area contributed by atoms with Gasteiger partial charge in [0, 0.05) is 12.0 Å². The van der Waals surface area contributed by atoms with Crippen LogP contribution in [-0.2, 0) is 14.8 Å². The van der Waals surface area contributed by atoms with Crippen molar-refractivity contribution in [1.82, 2.24) is 4.72 Å². The molecule has 0 atom stereocenters. The van der Waals surface area contributed by atoms with E-state index >= 15 is 0 Å². The van der Waals surface area contributed by atoms with Crippen molar-refractivity contribution in [2.75, 3.05) is 0 Å². The summed E-state index contributed by atoms with van der Waals surface area (Å²) in [5.41, 5.74) is 3.90. The Bertz CT molecular complexity index is 647. The Morgan fingerprint density at radius 2 is 1.95 bits per heavy atom. The van der Waals surface area contributed by atoms with Crippen molar-refractivity contribution in [1.29, 1.82) is 0 Å². The minimum Gasteiger partial charge on any atom is -0.370 e. The van der Waals surface area contributed by atoms with E-state index in [0.29, 0.717) is 0 Å². The fraction of sp³-hybridized carbons (Fsp3) is 0.364. The SMILES string of the molecule is CC(C)(CC(N)=O)NS(=O)(=O)c1ccc(Cl)c(F)c1Cl. The predicted octanol–water partition coefficient (Wildman–Crippen LogP) is 2.06. The first-order valence-corrected chi connectivity index (χ1v) is 7.66. The lowest BCUT2D eigenvalue weighted by atomic mass is 10.0. The second kappa shape index (κ2) is 5.85. The molecule has 20 heavy (non-hydrogen) atoms. The molecule has 0 heterocycles. The van der Waals surface area contributed by atoms with E-state index in [2.05, 4.69) is 4.72 Å². The lowest BCUT2D eigenvalue weighted by molar-refractivity contribution is -0.119. The quantitative estimate of drug-likeness (QED) is 0.802. The van der Waals surface area contributed by atoms with Gasteiger partial charge in [-0.15, -0.1) is 0 Å². The number of amides is 1. The van der Waals surface area contributed by atoms with Crippen LogP contribution in [0.4, 0.5) is 4.39 Å². The van der Waals surface area contributed by atoms with Crippen LogP contribution in [0.15, 0.2) is 17.0 Å². The molecule has 0 unspecified atom stereocenters. The van der Waals surface area contributed by atoms with Gasteiger partial charge in [-0.1, -0.05) is 23.2 Å². The van der Waals surface area contributed by atoms with Crippen LogP contribution in [0.1, 0.15) is 20.3 Å². The molecule has 1 aromatic carbocycles. The number of primary amides is 1. The molecular weight excluding hydrogens is 330 g/mol. The molecule has 0 saturated heterocycles. The van der Waals surface area contributed by atoms with Gasteiger partial charge in [0.25, 0.3) is 0 Å². The summed E-state index contributed by atoms with van der Waals surface area (Å²) in [6.45, 7) is 2.94.